The Morgan fingerprint density at radius 2 is 1.78 bits per heavy atom. The first-order valence-corrected chi connectivity index (χ1v) is 5.82. The standard InChI is InChI=1S/C15H13NO2/c1-2-11-10-13(8-9-14(11)16-18)15(17)12-6-4-3-5-7-12/h3-10H,2H2,1H3. The largest absolute Gasteiger partial charge is 0.289 e. The van der Waals surface area contributed by atoms with E-state index in [4.69, 9.17) is 0 Å². The number of nitroso groups, excluding NO2 is 1. The van der Waals surface area contributed by atoms with E-state index in [0.717, 1.165) is 5.56 Å². The number of carbonyl (C=O) groups excluding carboxylic acids is 1. The van der Waals surface area contributed by atoms with Gasteiger partial charge in [0.05, 0.1) is 0 Å². The van der Waals surface area contributed by atoms with Crippen molar-refractivity contribution in [1.29, 1.82) is 0 Å². The second kappa shape index (κ2) is 5.36. The summed E-state index contributed by atoms with van der Waals surface area (Å²) in [6.07, 6.45) is 0.678. The maximum Gasteiger partial charge on any atom is 0.193 e. The first-order valence-electron chi connectivity index (χ1n) is 5.82. The molecule has 0 N–H and O–H groups in total. The van der Waals surface area contributed by atoms with Crippen molar-refractivity contribution in [2.24, 2.45) is 5.18 Å². The molecular weight excluding hydrogens is 226 g/mol. The van der Waals surface area contributed by atoms with Crippen molar-refractivity contribution in [2.45, 2.75) is 13.3 Å². The average Bonchev–Trinajstić information content (AvgIpc) is 2.46. The predicted molar refractivity (Wildman–Crippen MR) is 71.1 cm³/mol. The number of carbonyl (C=O) groups is 1. The SMILES string of the molecule is CCc1cc(C(=O)c2ccccc2)ccc1N=O. The van der Waals surface area contributed by atoms with Crippen LogP contribution in [0.15, 0.2) is 53.7 Å². The molecule has 90 valence electrons. The van der Waals surface area contributed by atoms with Crippen LogP contribution in [0.1, 0.15) is 28.4 Å². The van der Waals surface area contributed by atoms with Crippen molar-refractivity contribution < 1.29 is 4.79 Å². The summed E-state index contributed by atoms with van der Waals surface area (Å²) in [4.78, 5) is 22.8. The molecule has 0 radical (unpaired) electrons. The molecular formula is C15H13NO2. The number of rotatable bonds is 4. The maximum absolute atomic E-state index is 12.2. The molecule has 0 spiro atoms. The molecule has 0 saturated heterocycles. The van der Waals surface area contributed by atoms with Gasteiger partial charge in [-0.05, 0) is 35.4 Å². The highest BCUT2D eigenvalue weighted by Crippen LogP contribution is 2.22. The fourth-order valence-electron chi connectivity index (χ4n) is 1.86. The van der Waals surface area contributed by atoms with E-state index in [9.17, 15) is 9.70 Å². The third-order valence-corrected chi connectivity index (χ3v) is 2.86. The third-order valence-electron chi connectivity index (χ3n) is 2.86. The van der Waals surface area contributed by atoms with Gasteiger partial charge in [-0.15, -0.1) is 4.91 Å². The van der Waals surface area contributed by atoms with E-state index in [1.54, 1.807) is 30.3 Å². The summed E-state index contributed by atoms with van der Waals surface area (Å²) in [5.74, 6) is -0.0391. The molecule has 0 aliphatic carbocycles. The molecule has 2 aromatic carbocycles. The average molecular weight is 239 g/mol. The third kappa shape index (κ3) is 2.35. The molecule has 0 unspecified atom stereocenters. The summed E-state index contributed by atoms with van der Waals surface area (Å²) in [6, 6.07) is 14.1. The smallest absolute Gasteiger partial charge is 0.193 e. The Balaban J connectivity index is 2.40. The van der Waals surface area contributed by atoms with Gasteiger partial charge in [-0.1, -0.05) is 37.3 Å². The van der Waals surface area contributed by atoms with Crippen molar-refractivity contribution in [2.75, 3.05) is 0 Å². The Morgan fingerprint density at radius 3 is 2.39 bits per heavy atom. The minimum Gasteiger partial charge on any atom is -0.289 e. The predicted octanol–water partition coefficient (Wildman–Crippen LogP) is 3.88. The number of hydrogen-bond acceptors (Lipinski definition) is 3. The molecule has 0 aliphatic rings. The Bertz CT molecular complexity index is 576. The Hall–Kier alpha value is -2.29. The lowest BCUT2D eigenvalue weighted by Crippen LogP contribution is -2.01. The van der Waals surface area contributed by atoms with Gasteiger partial charge in [0.1, 0.15) is 5.69 Å². The molecule has 0 aromatic heterocycles. The normalized spacial score (nSPS) is 10.1. The zero-order valence-electron chi connectivity index (χ0n) is 10.1. The van der Waals surface area contributed by atoms with Crippen LogP contribution >= 0.6 is 0 Å². The quantitative estimate of drug-likeness (QED) is 0.600. The molecule has 0 heterocycles. The van der Waals surface area contributed by atoms with Crippen LogP contribution in [0.5, 0.6) is 0 Å². The summed E-state index contributed by atoms with van der Waals surface area (Å²) in [7, 11) is 0. The van der Waals surface area contributed by atoms with E-state index in [1.165, 1.54) is 0 Å². The van der Waals surface area contributed by atoms with Crippen molar-refractivity contribution >= 4 is 11.5 Å². The second-order valence-corrected chi connectivity index (χ2v) is 3.98. The van der Waals surface area contributed by atoms with Gasteiger partial charge in [0, 0.05) is 11.1 Å². The van der Waals surface area contributed by atoms with Gasteiger partial charge in [0.2, 0.25) is 0 Å². The maximum atomic E-state index is 12.2. The first kappa shape index (κ1) is 12.2. The van der Waals surface area contributed by atoms with Gasteiger partial charge in [0.15, 0.2) is 5.78 Å². The lowest BCUT2D eigenvalue weighted by molar-refractivity contribution is 0.103. The van der Waals surface area contributed by atoms with Crippen LogP contribution in [0.3, 0.4) is 0 Å². The van der Waals surface area contributed by atoms with E-state index in [-0.39, 0.29) is 5.78 Å². The second-order valence-electron chi connectivity index (χ2n) is 3.98. The Morgan fingerprint density at radius 1 is 1.06 bits per heavy atom. The lowest BCUT2D eigenvalue weighted by atomic mass is 9.99. The van der Waals surface area contributed by atoms with E-state index in [2.05, 4.69) is 5.18 Å². The summed E-state index contributed by atoms with van der Waals surface area (Å²) in [5, 5.41) is 2.95. The van der Waals surface area contributed by atoms with Crippen LogP contribution in [0.25, 0.3) is 0 Å². The monoisotopic (exact) mass is 239 g/mol. The van der Waals surface area contributed by atoms with Crippen molar-refractivity contribution in [3.8, 4) is 0 Å². The van der Waals surface area contributed by atoms with Crippen LogP contribution in [-0.4, -0.2) is 5.78 Å². The molecule has 0 bridgehead atoms. The summed E-state index contributed by atoms with van der Waals surface area (Å²) >= 11 is 0. The minimum atomic E-state index is -0.0391. The number of aryl methyl sites for hydroxylation is 1. The fourth-order valence-corrected chi connectivity index (χ4v) is 1.86. The molecule has 0 atom stereocenters. The van der Waals surface area contributed by atoms with Gasteiger partial charge in [-0.3, -0.25) is 4.79 Å². The topological polar surface area (TPSA) is 46.5 Å². The molecule has 0 aliphatic heterocycles. The number of hydrogen-bond donors (Lipinski definition) is 0. The van der Waals surface area contributed by atoms with Crippen LogP contribution in [0.4, 0.5) is 5.69 Å². The molecule has 0 fully saturated rings. The van der Waals surface area contributed by atoms with Crippen LogP contribution in [0.2, 0.25) is 0 Å². The van der Waals surface area contributed by atoms with Crippen molar-refractivity contribution in [1.82, 2.24) is 0 Å². The minimum absolute atomic E-state index is 0.0391. The number of nitrogens with zero attached hydrogens (tertiary/aromatic N) is 1. The molecule has 2 rings (SSSR count). The van der Waals surface area contributed by atoms with E-state index in [0.29, 0.717) is 23.2 Å². The molecule has 0 amide bonds. The van der Waals surface area contributed by atoms with Gasteiger partial charge >= 0.3 is 0 Å². The molecule has 18 heavy (non-hydrogen) atoms. The number of ketones is 1. The van der Waals surface area contributed by atoms with Gasteiger partial charge < -0.3 is 0 Å². The van der Waals surface area contributed by atoms with Crippen molar-refractivity contribution in [3.63, 3.8) is 0 Å². The zero-order chi connectivity index (χ0) is 13.0. The van der Waals surface area contributed by atoms with Crippen LogP contribution < -0.4 is 0 Å². The highest BCUT2D eigenvalue weighted by Gasteiger charge is 2.11. The highest BCUT2D eigenvalue weighted by molar-refractivity contribution is 6.09. The van der Waals surface area contributed by atoms with E-state index < -0.39 is 0 Å². The number of benzene rings is 2. The molecule has 3 heteroatoms. The first-order chi connectivity index (χ1) is 8.76. The molecule has 0 saturated carbocycles. The summed E-state index contributed by atoms with van der Waals surface area (Å²) < 4.78 is 0. The fraction of sp³-hybridized carbons (Fsp3) is 0.133. The Labute approximate surface area is 105 Å². The lowest BCUT2D eigenvalue weighted by Gasteiger charge is -2.05. The van der Waals surface area contributed by atoms with E-state index in [1.807, 2.05) is 25.1 Å². The van der Waals surface area contributed by atoms with Crippen LogP contribution in [0, 0.1) is 4.91 Å². The highest BCUT2D eigenvalue weighted by atomic mass is 16.3. The Kier molecular flexibility index (Phi) is 3.63. The van der Waals surface area contributed by atoms with Crippen molar-refractivity contribution in [3.05, 3.63) is 70.1 Å². The van der Waals surface area contributed by atoms with Crippen LogP contribution in [-0.2, 0) is 6.42 Å². The zero-order valence-corrected chi connectivity index (χ0v) is 10.1. The van der Waals surface area contributed by atoms with Gasteiger partial charge in [-0.25, -0.2) is 0 Å². The van der Waals surface area contributed by atoms with Gasteiger partial charge in [-0.2, -0.15) is 0 Å². The summed E-state index contributed by atoms with van der Waals surface area (Å²) in [5.41, 5.74) is 2.44. The molecule has 2 aromatic rings. The van der Waals surface area contributed by atoms with Gasteiger partial charge in [0.25, 0.3) is 0 Å². The molecule has 3 nitrogen and oxygen atoms in total. The van der Waals surface area contributed by atoms with E-state index >= 15 is 0 Å². The summed E-state index contributed by atoms with van der Waals surface area (Å²) in [6.45, 7) is 1.93.